The minimum Gasteiger partial charge on any atom is -0.453 e. The lowest BCUT2D eigenvalue weighted by Gasteiger charge is -2.01. The van der Waals surface area contributed by atoms with Gasteiger partial charge in [0.25, 0.3) is 0 Å². The van der Waals surface area contributed by atoms with Crippen LogP contribution in [0.15, 0.2) is 12.1 Å². The van der Waals surface area contributed by atoms with Crippen LogP contribution in [0.25, 0.3) is 0 Å². The molecule has 1 aromatic carbocycles. The molecule has 0 aliphatic carbocycles. The molecule has 0 saturated heterocycles. The van der Waals surface area contributed by atoms with Gasteiger partial charge in [-0.1, -0.05) is 6.07 Å². The molecule has 0 fully saturated rings. The van der Waals surface area contributed by atoms with Crippen LogP contribution < -0.4 is 15.2 Å². The number of aryl methyl sites for hydroxylation is 1. The molecule has 58 valence electrons. The first-order valence-electron chi connectivity index (χ1n) is 3.43. The van der Waals surface area contributed by atoms with Crippen LogP contribution in [0.2, 0.25) is 0 Å². The molecule has 0 spiro atoms. The summed E-state index contributed by atoms with van der Waals surface area (Å²) in [6.45, 7) is 2.25. The molecule has 0 unspecified atom stereocenters. The zero-order valence-corrected chi connectivity index (χ0v) is 6.26. The monoisotopic (exact) mass is 151 g/mol. The van der Waals surface area contributed by atoms with Crippen molar-refractivity contribution in [2.75, 3.05) is 12.5 Å². The van der Waals surface area contributed by atoms with Crippen LogP contribution in [-0.2, 0) is 0 Å². The summed E-state index contributed by atoms with van der Waals surface area (Å²) in [5.41, 5.74) is 7.34. The van der Waals surface area contributed by atoms with E-state index in [1.807, 2.05) is 19.1 Å². The number of rotatable bonds is 0. The molecule has 1 aliphatic rings. The second-order valence-corrected chi connectivity index (χ2v) is 2.54. The van der Waals surface area contributed by atoms with Crippen molar-refractivity contribution >= 4 is 5.69 Å². The van der Waals surface area contributed by atoms with E-state index in [0.717, 1.165) is 11.3 Å². The van der Waals surface area contributed by atoms with Crippen molar-refractivity contribution in [3.63, 3.8) is 0 Å². The van der Waals surface area contributed by atoms with Gasteiger partial charge in [-0.25, -0.2) is 0 Å². The summed E-state index contributed by atoms with van der Waals surface area (Å²) >= 11 is 0. The van der Waals surface area contributed by atoms with Crippen LogP contribution in [0, 0.1) is 6.92 Å². The van der Waals surface area contributed by atoms with Crippen molar-refractivity contribution in [3.05, 3.63) is 17.7 Å². The van der Waals surface area contributed by atoms with E-state index in [2.05, 4.69) is 0 Å². The Hall–Kier alpha value is -1.38. The van der Waals surface area contributed by atoms with Gasteiger partial charge in [0.1, 0.15) is 0 Å². The second kappa shape index (κ2) is 2.05. The smallest absolute Gasteiger partial charge is 0.231 e. The van der Waals surface area contributed by atoms with Crippen LogP contribution in [0.3, 0.4) is 0 Å². The van der Waals surface area contributed by atoms with E-state index in [1.165, 1.54) is 0 Å². The predicted molar refractivity (Wildman–Crippen MR) is 41.7 cm³/mol. The lowest BCUT2D eigenvalue weighted by Crippen LogP contribution is -1.94. The number of anilines is 1. The summed E-state index contributed by atoms with van der Waals surface area (Å²) in [5.74, 6) is 1.47. The minimum atomic E-state index is 0.282. The first-order valence-corrected chi connectivity index (χ1v) is 3.43. The van der Waals surface area contributed by atoms with E-state index in [4.69, 9.17) is 15.2 Å². The molecule has 0 radical (unpaired) electrons. The normalized spacial score (nSPS) is 13.5. The van der Waals surface area contributed by atoms with Crippen molar-refractivity contribution in [2.45, 2.75) is 6.92 Å². The summed E-state index contributed by atoms with van der Waals surface area (Å²) in [7, 11) is 0. The highest BCUT2D eigenvalue weighted by Crippen LogP contribution is 2.39. The average Bonchev–Trinajstić information content (AvgIpc) is 2.45. The largest absolute Gasteiger partial charge is 0.453 e. The van der Waals surface area contributed by atoms with Gasteiger partial charge in [-0.2, -0.15) is 0 Å². The minimum absolute atomic E-state index is 0.282. The van der Waals surface area contributed by atoms with E-state index in [1.54, 1.807) is 0 Å². The van der Waals surface area contributed by atoms with E-state index < -0.39 is 0 Å². The van der Waals surface area contributed by atoms with Crippen LogP contribution in [0.4, 0.5) is 5.69 Å². The Bertz CT molecular complexity index is 267. The van der Waals surface area contributed by atoms with Gasteiger partial charge >= 0.3 is 0 Å². The molecule has 1 heterocycles. The SMILES string of the molecule is Cc1ccc(N)c2c1OCO2. The van der Waals surface area contributed by atoms with Gasteiger partial charge in [0.2, 0.25) is 6.79 Å². The van der Waals surface area contributed by atoms with E-state index in [-0.39, 0.29) is 6.79 Å². The van der Waals surface area contributed by atoms with Gasteiger partial charge in [-0.15, -0.1) is 0 Å². The maximum atomic E-state index is 5.64. The second-order valence-electron chi connectivity index (χ2n) is 2.54. The van der Waals surface area contributed by atoms with Gasteiger partial charge < -0.3 is 15.2 Å². The number of nitrogen functional groups attached to an aromatic ring is 1. The van der Waals surface area contributed by atoms with E-state index in [9.17, 15) is 0 Å². The first-order chi connectivity index (χ1) is 5.29. The molecule has 0 saturated carbocycles. The molecule has 0 bridgehead atoms. The maximum Gasteiger partial charge on any atom is 0.231 e. The fourth-order valence-corrected chi connectivity index (χ4v) is 1.15. The fraction of sp³-hybridized carbons (Fsp3) is 0.250. The molecule has 3 nitrogen and oxygen atoms in total. The van der Waals surface area contributed by atoms with Crippen molar-refractivity contribution in [1.82, 2.24) is 0 Å². The third-order valence-electron chi connectivity index (χ3n) is 1.75. The molecular formula is C8H9NO2. The Labute approximate surface area is 64.7 Å². The van der Waals surface area contributed by atoms with Crippen LogP contribution in [0.1, 0.15) is 5.56 Å². The van der Waals surface area contributed by atoms with Gasteiger partial charge in [0, 0.05) is 0 Å². The van der Waals surface area contributed by atoms with Gasteiger partial charge in [-0.3, -0.25) is 0 Å². The zero-order valence-electron chi connectivity index (χ0n) is 6.26. The summed E-state index contributed by atoms with van der Waals surface area (Å²) in [4.78, 5) is 0. The molecule has 1 aromatic rings. The summed E-state index contributed by atoms with van der Waals surface area (Å²) in [6.07, 6.45) is 0. The topological polar surface area (TPSA) is 44.5 Å². The zero-order chi connectivity index (χ0) is 7.84. The number of nitrogens with two attached hydrogens (primary N) is 1. The lowest BCUT2D eigenvalue weighted by atomic mass is 10.2. The number of fused-ring (bicyclic) bond motifs is 1. The Morgan fingerprint density at radius 2 is 2.00 bits per heavy atom. The molecular weight excluding hydrogens is 142 g/mol. The Morgan fingerprint density at radius 1 is 1.27 bits per heavy atom. The fourth-order valence-electron chi connectivity index (χ4n) is 1.15. The molecule has 0 atom stereocenters. The van der Waals surface area contributed by atoms with Crippen molar-refractivity contribution in [3.8, 4) is 11.5 Å². The Kier molecular flexibility index (Phi) is 1.18. The Balaban J connectivity index is 2.64. The molecule has 0 amide bonds. The van der Waals surface area contributed by atoms with E-state index in [0.29, 0.717) is 11.4 Å². The highest BCUT2D eigenvalue weighted by Gasteiger charge is 2.17. The number of ether oxygens (including phenoxy) is 2. The standard InChI is InChI=1S/C8H9NO2/c1-5-2-3-6(9)8-7(5)10-4-11-8/h2-3H,4,9H2,1H3. The molecule has 2 N–H and O–H groups in total. The maximum absolute atomic E-state index is 5.64. The average molecular weight is 151 g/mol. The van der Waals surface area contributed by atoms with Crippen molar-refractivity contribution < 1.29 is 9.47 Å². The number of hydrogen-bond acceptors (Lipinski definition) is 3. The van der Waals surface area contributed by atoms with E-state index >= 15 is 0 Å². The van der Waals surface area contributed by atoms with Gasteiger partial charge in [-0.05, 0) is 18.6 Å². The lowest BCUT2D eigenvalue weighted by molar-refractivity contribution is 0.174. The highest BCUT2D eigenvalue weighted by atomic mass is 16.7. The van der Waals surface area contributed by atoms with Crippen molar-refractivity contribution in [2.24, 2.45) is 0 Å². The summed E-state index contributed by atoms with van der Waals surface area (Å²) in [5, 5.41) is 0. The Morgan fingerprint density at radius 3 is 2.73 bits per heavy atom. The molecule has 1 aliphatic heterocycles. The summed E-state index contributed by atoms with van der Waals surface area (Å²) in [6, 6.07) is 3.74. The van der Waals surface area contributed by atoms with Crippen LogP contribution in [-0.4, -0.2) is 6.79 Å². The number of hydrogen-bond donors (Lipinski definition) is 1. The predicted octanol–water partition coefficient (Wildman–Crippen LogP) is 1.31. The third-order valence-corrected chi connectivity index (χ3v) is 1.75. The first kappa shape index (κ1) is 6.34. The van der Waals surface area contributed by atoms with Crippen LogP contribution >= 0.6 is 0 Å². The van der Waals surface area contributed by atoms with Crippen LogP contribution in [0.5, 0.6) is 11.5 Å². The third kappa shape index (κ3) is 0.808. The molecule has 2 rings (SSSR count). The molecule has 0 aromatic heterocycles. The van der Waals surface area contributed by atoms with Gasteiger partial charge in [0.15, 0.2) is 11.5 Å². The number of benzene rings is 1. The molecule has 3 heteroatoms. The summed E-state index contributed by atoms with van der Waals surface area (Å²) < 4.78 is 10.4. The highest BCUT2D eigenvalue weighted by molar-refractivity contribution is 5.63. The molecule has 11 heavy (non-hydrogen) atoms. The van der Waals surface area contributed by atoms with Crippen molar-refractivity contribution in [1.29, 1.82) is 0 Å². The van der Waals surface area contributed by atoms with Gasteiger partial charge in [0.05, 0.1) is 5.69 Å². The quantitative estimate of drug-likeness (QED) is 0.568.